The molecular formula is C28H40F3N5O3S2. The fourth-order valence-corrected chi connectivity index (χ4v) is 7.37. The smallest absolute Gasteiger partial charge is 0.334 e. The van der Waals surface area contributed by atoms with Crippen molar-refractivity contribution in [2.24, 2.45) is 0 Å². The summed E-state index contributed by atoms with van der Waals surface area (Å²) < 4.78 is 66.5. The van der Waals surface area contributed by atoms with Crippen LogP contribution in [0.25, 0.3) is 0 Å². The van der Waals surface area contributed by atoms with Crippen LogP contribution < -0.4 is 4.90 Å². The molecule has 0 unspecified atom stereocenters. The van der Waals surface area contributed by atoms with Crippen LogP contribution in [0.2, 0.25) is 0 Å². The van der Waals surface area contributed by atoms with Gasteiger partial charge >= 0.3 is 6.18 Å². The zero-order chi connectivity index (χ0) is 30.4. The molecule has 0 saturated carbocycles. The number of unbranched alkanes of at least 4 members (excludes halogenated alkanes) is 5. The van der Waals surface area contributed by atoms with E-state index in [1.807, 2.05) is 6.92 Å². The molecule has 0 radical (unpaired) electrons. The van der Waals surface area contributed by atoms with Crippen LogP contribution in [0.15, 0.2) is 18.2 Å². The standard InChI is InChI=1S/C28H40F3N5O3S2/c1-4-19-41(38,39)34-17-15-33(16-18-34)13-9-7-5-6-8-10-14-35-26(40)36(25(37)27(35,2)3)23-12-11-22(21-32)24(20-23)28(29,30)31/h11-12,20H,4-10,13-19H2,1-3H3. The minimum atomic E-state index is -4.73. The van der Waals surface area contributed by atoms with Crippen LogP contribution in [-0.2, 0) is 21.0 Å². The zero-order valence-electron chi connectivity index (χ0n) is 24.0. The molecule has 1 aromatic carbocycles. The van der Waals surface area contributed by atoms with E-state index in [2.05, 4.69) is 4.90 Å². The van der Waals surface area contributed by atoms with E-state index in [0.717, 1.165) is 75.2 Å². The number of amides is 1. The van der Waals surface area contributed by atoms with Gasteiger partial charge in [0.15, 0.2) is 5.11 Å². The molecule has 0 aromatic heterocycles. The van der Waals surface area contributed by atoms with Crippen LogP contribution in [0.4, 0.5) is 18.9 Å². The van der Waals surface area contributed by atoms with E-state index in [9.17, 15) is 26.4 Å². The van der Waals surface area contributed by atoms with Crippen LogP contribution in [0.5, 0.6) is 0 Å². The van der Waals surface area contributed by atoms with Crippen LogP contribution in [0.3, 0.4) is 0 Å². The van der Waals surface area contributed by atoms with Crippen molar-refractivity contribution in [1.29, 1.82) is 5.26 Å². The Labute approximate surface area is 247 Å². The topological polar surface area (TPSA) is 88.0 Å². The third-order valence-electron chi connectivity index (χ3n) is 7.80. The average molecular weight is 616 g/mol. The molecule has 228 valence electrons. The summed E-state index contributed by atoms with van der Waals surface area (Å²) in [4.78, 5) is 18.5. The number of anilines is 1. The molecule has 0 N–H and O–H groups in total. The molecule has 2 heterocycles. The fraction of sp³-hybridized carbons (Fsp3) is 0.679. The summed E-state index contributed by atoms with van der Waals surface area (Å²) in [7, 11) is -3.12. The molecule has 2 fully saturated rings. The predicted molar refractivity (Wildman–Crippen MR) is 157 cm³/mol. The van der Waals surface area contributed by atoms with Crippen molar-refractivity contribution in [2.45, 2.75) is 77.4 Å². The van der Waals surface area contributed by atoms with Crippen molar-refractivity contribution in [3.63, 3.8) is 0 Å². The molecule has 2 aliphatic rings. The summed E-state index contributed by atoms with van der Waals surface area (Å²) in [5, 5.41) is 9.24. The number of piperazine rings is 1. The number of alkyl halides is 3. The Morgan fingerprint density at radius 2 is 1.59 bits per heavy atom. The summed E-state index contributed by atoms with van der Waals surface area (Å²) in [6, 6.07) is 4.77. The lowest BCUT2D eigenvalue weighted by Crippen LogP contribution is -2.49. The Morgan fingerprint density at radius 3 is 2.15 bits per heavy atom. The quantitative estimate of drug-likeness (QED) is 0.228. The lowest BCUT2D eigenvalue weighted by Gasteiger charge is -2.33. The monoisotopic (exact) mass is 615 g/mol. The van der Waals surface area contributed by atoms with Crippen molar-refractivity contribution < 1.29 is 26.4 Å². The van der Waals surface area contributed by atoms with Gasteiger partial charge in [-0.1, -0.05) is 32.6 Å². The van der Waals surface area contributed by atoms with Crippen LogP contribution in [-0.4, -0.2) is 84.1 Å². The van der Waals surface area contributed by atoms with Crippen molar-refractivity contribution in [3.8, 4) is 6.07 Å². The number of halogens is 3. The van der Waals surface area contributed by atoms with E-state index >= 15 is 0 Å². The number of nitriles is 1. The maximum Gasteiger partial charge on any atom is 0.417 e. The van der Waals surface area contributed by atoms with Gasteiger partial charge in [0.05, 0.1) is 28.6 Å². The fourth-order valence-electron chi connectivity index (χ4n) is 5.37. The van der Waals surface area contributed by atoms with Gasteiger partial charge in [0.1, 0.15) is 5.54 Å². The van der Waals surface area contributed by atoms with Gasteiger partial charge in [0.2, 0.25) is 10.0 Å². The molecule has 0 spiro atoms. The summed E-state index contributed by atoms with van der Waals surface area (Å²) in [5.41, 5.74) is -2.59. The van der Waals surface area contributed by atoms with Gasteiger partial charge in [-0.05, 0) is 70.1 Å². The Kier molecular flexibility index (Phi) is 11.2. The highest BCUT2D eigenvalue weighted by Crippen LogP contribution is 2.38. The first-order chi connectivity index (χ1) is 19.2. The minimum Gasteiger partial charge on any atom is -0.334 e. The van der Waals surface area contributed by atoms with E-state index < -0.39 is 38.8 Å². The van der Waals surface area contributed by atoms with Crippen LogP contribution in [0, 0.1) is 11.3 Å². The van der Waals surface area contributed by atoms with E-state index in [-0.39, 0.29) is 16.6 Å². The van der Waals surface area contributed by atoms with Crippen molar-refractivity contribution in [1.82, 2.24) is 14.1 Å². The maximum atomic E-state index is 13.5. The molecule has 0 atom stereocenters. The van der Waals surface area contributed by atoms with Crippen LogP contribution in [0.1, 0.15) is 76.8 Å². The highest BCUT2D eigenvalue weighted by Gasteiger charge is 2.49. The first-order valence-corrected chi connectivity index (χ1v) is 16.2. The third-order valence-corrected chi connectivity index (χ3v) is 10.3. The lowest BCUT2D eigenvalue weighted by atomic mass is 10.0. The average Bonchev–Trinajstić information content (AvgIpc) is 3.08. The van der Waals surface area contributed by atoms with Gasteiger partial charge < -0.3 is 9.80 Å². The summed E-state index contributed by atoms with van der Waals surface area (Å²) >= 11 is 5.55. The first-order valence-electron chi connectivity index (χ1n) is 14.2. The van der Waals surface area contributed by atoms with E-state index in [1.54, 1.807) is 29.1 Å². The molecule has 2 aliphatic heterocycles. The molecule has 1 aromatic rings. The van der Waals surface area contributed by atoms with Crippen LogP contribution >= 0.6 is 12.2 Å². The third kappa shape index (κ3) is 7.97. The number of rotatable bonds is 13. The zero-order valence-corrected chi connectivity index (χ0v) is 25.7. The molecule has 13 heteroatoms. The van der Waals surface area contributed by atoms with Gasteiger partial charge in [-0.15, -0.1) is 0 Å². The Morgan fingerprint density at radius 1 is 1.00 bits per heavy atom. The Balaban J connectivity index is 1.41. The van der Waals surface area contributed by atoms with Crippen molar-refractivity contribution >= 4 is 38.9 Å². The Hall–Kier alpha value is -2.27. The SMILES string of the molecule is CCCS(=O)(=O)N1CCN(CCCCCCCCN2C(=S)N(c3ccc(C#N)c(C(F)(F)F)c3)C(=O)C2(C)C)CC1. The number of carbonyl (C=O) groups is 1. The number of benzene rings is 1. The van der Waals surface area contributed by atoms with Gasteiger partial charge in [0.25, 0.3) is 5.91 Å². The predicted octanol–water partition coefficient (Wildman–Crippen LogP) is 4.99. The normalized spacial score (nSPS) is 18.8. The molecule has 2 saturated heterocycles. The van der Waals surface area contributed by atoms with Crippen molar-refractivity contribution in [3.05, 3.63) is 29.3 Å². The number of hydrogen-bond acceptors (Lipinski definition) is 6. The highest BCUT2D eigenvalue weighted by atomic mass is 32.2. The van der Waals surface area contributed by atoms with Crippen molar-refractivity contribution in [2.75, 3.05) is 49.9 Å². The second-order valence-electron chi connectivity index (χ2n) is 11.2. The second-order valence-corrected chi connectivity index (χ2v) is 13.6. The molecule has 1 amide bonds. The molecular weight excluding hydrogens is 575 g/mol. The molecule has 3 rings (SSSR count). The lowest BCUT2D eigenvalue weighted by molar-refractivity contribution is -0.137. The second kappa shape index (κ2) is 13.8. The molecule has 41 heavy (non-hydrogen) atoms. The number of sulfonamides is 1. The van der Waals surface area contributed by atoms with E-state index in [1.165, 1.54) is 6.07 Å². The van der Waals surface area contributed by atoms with Gasteiger partial charge in [-0.3, -0.25) is 9.69 Å². The van der Waals surface area contributed by atoms with Gasteiger partial charge in [0, 0.05) is 32.7 Å². The summed E-state index contributed by atoms with van der Waals surface area (Å²) in [5.74, 6) is -0.188. The van der Waals surface area contributed by atoms with E-state index in [0.29, 0.717) is 26.1 Å². The summed E-state index contributed by atoms with van der Waals surface area (Å²) in [6.07, 6.45) is 1.85. The Bertz CT molecular complexity index is 1240. The molecule has 8 nitrogen and oxygen atoms in total. The largest absolute Gasteiger partial charge is 0.417 e. The number of thiocarbonyl (C=S) groups is 1. The maximum absolute atomic E-state index is 13.5. The highest BCUT2D eigenvalue weighted by molar-refractivity contribution is 7.89. The number of hydrogen-bond donors (Lipinski definition) is 0. The summed E-state index contributed by atoms with van der Waals surface area (Å²) in [6.45, 7) is 9.45. The molecule has 0 bridgehead atoms. The number of nitrogens with zero attached hydrogens (tertiary/aromatic N) is 5. The van der Waals surface area contributed by atoms with Gasteiger partial charge in [-0.25, -0.2) is 8.42 Å². The van der Waals surface area contributed by atoms with E-state index in [4.69, 9.17) is 17.5 Å². The first kappa shape index (κ1) is 33.2. The van der Waals surface area contributed by atoms with Gasteiger partial charge in [-0.2, -0.15) is 22.7 Å². The minimum absolute atomic E-state index is 0.00546. The number of carbonyl (C=O) groups excluding carboxylic acids is 1. The molecule has 0 aliphatic carbocycles.